The van der Waals surface area contributed by atoms with Gasteiger partial charge in [-0.15, -0.1) is 11.3 Å². The van der Waals surface area contributed by atoms with Gasteiger partial charge in [-0.05, 0) is 17.7 Å². The van der Waals surface area contributed by atoms with E-state index in [0.29, 0.717) is 5.56 Å². The number of aliphatic carboxylic acids is 1. The van der Waals surface area contributed by atoms with Crippen LogP contribution in [0.25, 0.3) is 6.08 Å². The molecule has 0 fully saturated rings. The normalized spacial score (nSPS) is 11.6. The van der Waals surface area contributed by atoms with Gasteiger partial charge >= 0.3 is 5.97 Å². The Hall–Kier alpha value is -2.26. The summed E-state index contributed by atoms with van der Waals surface area (Å²) in [5.74, 6) is -1.13. The molecular formula is C11H9N3O4S2. The summed E-state index contributed by atoms with van der Waals surface area (Å²) >= 11 is 1.15. The van der Waals surface area contributed by atoms with Crippen molar-refractivity contribution in [2.24, 2.45) is 0 Å². The molecule has 0 amide bonds. The number of carboxylic acids is 1. The third-order valence-corrected chi connectivity index (χ3v) is 4.24. The van der Waals surface area contributed by atoms with Crippen LogP contribution >= 0.6 is 11.3 Å². The van der Waals surface area contributed by atoms with Gasteiger partial charge < -0.3 is 5.11 Å². The zero-order valence-corrected chi connectivity index (χ0v) is 11.6. The van der Waals surface area contributed by atoms with Crippen molar-refractivity contribution in [2.75, 3.05) is 4.72 Å². The summed E-state index contributed by atoms with van der Waals surface area (Å²) in [6.07, 6.45) is 6.18. The lowest BCUT2D eigenvalue weighted by Gasteiger charge is -2.05. The summed E-state index contributed by atoms with van der Waals surface area (Å²) in [5, 5.41) is 10.4. The highest BCUT2D eigenvalue weighted by Crippen LogP contribution is 2.18. The first kappa shape index (κ1) is 14.2. The smallest absolute Gasteiger partial charge is 0.328 e. The monoisotopic (exact) mass is 311 g/mol. The van der Waals surface area contributed by atoms with E-state index >= 15 is 0 Å². The van der Waals surface area contributed by atoms with Crippen LogP contribution in [0.5, 0.6) is 0 Å². The summed E-state index contributed by atoms with van der Waals surface area (Å²) < 4.78 is 26.4. The van der Waals surface area contributed by atoms with Gasteiger partial charge in [0.1, 0.15) is 4.90 Å². The third kappa shape index (κ3) is 3.62. The number of carbonyl (C=O) groups is 1. The number of nitrogens with zero attached hydrogens (tertiary/aromatic N) is 2. The number of rotatable bonds is 5. The van der Waals surface area contributed by atoms with E-state index in [1.807, 2.05) is 0 Å². The molecular weight excluding hydrogens is 302 g/mol. The van der Waals surface area contributed by atoms with Crippen LogP contribution in [0.1, 0.15) is 5.56 Å². The van der Waals surface area contributed by atoms with Gasteiger partial charge in [0.15, 0.2) is 5.13 Å². The van der Waals surface area contributed by atoms with E-state index in [-0.39, 0.29) is 10.0 Å². The molecule has 0 aliphatic carbocycles. The van der Waals surface area contributed by atoms with Gasteiger partial charge in [0, 0.05) is 30.0 Å². The van der Waals surface area contributed by atoms with E-state index in [1.165, 1.54) is 30.7 Å². The lowest BCUT2D eigenvalue weighted by atomic mass is 10.2. The second kappa shape index (κ2) is 5.80. The van der Waals surface area contributed by atoms with Crippen molar-refractivity contribution in [3.63, 3.8) is 0 Å². The minimum atomic E-state index is -3.79. The lowest BCUT2D eigenvalue weighted by molar-refractivity contribution is -0.131. The van der Waals surface area contributed by atoms with Crippen LogP contribution in [-0.4, -0.2) is 29.5 Å². The molecule has 2 heterocycles. The van der Waals surface area contributed by atoms with Crippen molar-refractivity contribution in [1.29, 1.82) is 0 Å². The standard InChI is InChI=1S/C11H9N3O4S2/c15-10(16)2-1-8-5-9(7-12-6-8)20(17,18)14-11-13-3-4-19-11/h1-7H,(H,13,14)(H,15,16). The summed E-state index contributed by atoms with van der Waals surface area (Å²) in [5.41, 5.74) is 0.370. The van der Waals surface area contributed by atoms with Crippen LogP contribution in [0, 0.1) is 0 Å². The minimum absolute atomic E-state index is 0.0692. The molecule has 7 nitrogen and oxygen atoms in total. The van der Waals surface area contributed by atoms with Crippen LogP contribution < -0.4 is 4.72 Å². The van der Waals surface area contributed by atoms with Crippen LogP contribution in [0.4, 0.5) is 5.13 Å². The number of carboxylic acid groups (broad SMARTS) is 1. The molecule has 0 spiro atoms. The maximum absolute atomic E-state index is 12.1. The van der Waals surface area contributed by atoms with E-state index in [9.17, 15) is 13.2 Å². The number of sulfonamides is 1. The Kier molecular flexibility index (Phi) is 4.11. The molecule has 0 radical (unpaired) electrons. The topological polar surface area (TPSA) is 109 Å². The first-order chi connectivity index (χ1) is 9.47. The minimum Gasteiger partial charge on any atom is -0.478 e. The van der Waals surface area contributed by atoms with E-state index in [0.717, 1.165) is 17.4 Å². The van der Waals surface area contributed by atoms with Gasteiger partial charge in [0.25, 0.3) is 10.0 Å². The fourth-order valence-electron chi connectivity index (χ4n) is 1.29. The van der Waals surface area contributed by atoms with Crippen LogP contribution in [-0.2, 0) is 14.8 Å². The largest absolute Gasteiger partial charge is 0.478 e. The summed E-state index contributed by atoms with van der Waals surface area (Å²) in [6, 6.07) is 1.32. The molecule has 0 aromatic carbocycles. The Morgan fingerprint density at radius 2 is 2.20 bits per heavy atom. The molecule has 9 heteroatoms. The highest BCUT2D eigenvalue weighted by molar-refractivity contribution is 7.93. The number of nitrogens with one attached hydrogen (secondary N) is 1. The number of hydrogen-bond donors (Lipinski definition) is 2. The number of thiazole rings is 1. The van der Waals surface area contributed by atoms with Crippen LogP contribution in [0.2, 0.25) is 0 Å². The van der Waals surface area contributed by atoms with E-state index in [1.54, 1.807) is 5.38 Å². The summed E-state index contributed by atoms with van der Waals surface area (Å²) in [7, 11) is -3.79. The zero-order chi connectivity index (χ0) is 14.6. The molecule has 0 aliphatic rings. The molecule has 0 atom stereocenters. The number of anilines is 1. The first-order valence-electron chi connectivity index (χ1n) is 5.26. The third-order valence-electron chi connectivity index (χ3n) is 2.12. The predicted octanol–water partition coefficient (Wildman–Crippen LogP) is 1.44. The number of aromatic nitrogens is 2. The van der Waals surface area contributed by atoms with Gasteiger partial charge in [0.05, 0.1) is 0 Å². The molecule has 2 aromatic heterocycles. The molecule has 0 aliphatic heterocycles. The van der Waals surface area contributed by atoms with Crippen molar-refractivity contribution < 1.29 is 18.3 Å². The maximum atomic E-state index is 12.1. The van der Waals surface area contributed by atoms with Crippen molar-refractivity contribution >= 4 is 38.5 Å². The average molecular weight is 311 g/mol. The molecule has 0 unspecified atom stereocenters. The van der Waals surface area contributed by atoms with Gasteiger partial charge in [-0.1, -0.05) is 0 Å². The molecule has 2 rings (SSSR count). The molecule has 0 saturated heterocycles. The Morgan fingerprint density at radius 1 is 1.40 bits per heavy atom. The van der Waals surface area contributed by atoms with Gasteiger partial charge in [-0.3, -0.25) is 9.71 Å². The Balaban J connectivity index is 2.28. The van der Waals surface area contributed by atoms with Crippen molar-refractivity contribution in [2.45, 2.75) is 4.90 Å². The Bertz CT molecular complexity index is 739. The predicted molar refractivity (Wildman–Crippen MR) is 73.8 cm³/mol. The second-order valence-corrected chi connectivity index (χ2v) is 6.15. The number of pyridine rings is 1. The fraction of sp³-hybridized carbons (Fsp3) is 0. The average Bonchev–Trinajstić information content (AvgIpc) is 2.89. The van der Waals surface area contributed by atoms with Crippen molar-refractivity contribution in [3.05, 3.63) is 41.7 Å². The van der Waals surface area contributed by atoms with Crippen LogP contribution in [0.15, 0.2) is 41.0 Å². The molecule has 0 saturated carbocycles. The van der Waals surface area contributed by atoms with Gasteiger partial charge in [0.2, 0.25) is 0 Å². The molecule has 2 N–H and O–H groups in total. The first-order valence-corrected chi connectivity index (χ1v) is 7.62. The maximum Gasteiger partial charge on any atom is 0.328 e. The summed E-state index contributed by atoms with van der Waals surface area (Å²) in [4.78, 5) is 18.0. The molecule has 2 aromatic rings. The van der Waals surface area contributed by atoms with E-state index in [4.69, 9.17) is 5.11 Å². The lowest BCUT2D eigenvalue weighted by Crippen LogP contribution is -2.13. The number of hydrogen-bond acceptors (Lipinski definition) is 6. The quantitative estimate of drug-likeness (QED) is 0.809. The zero-order valence-electron chi connectivity index (χ0n) is 9.92. The molecule has 0 bridgehead atoms. The molecule has 104 valence electrons. The van der Waals surface area contributed by atoms with Gasteiger partial charge in [-0.2, -0.15) is 0 Å². The van der Waals surface area contributed by atoms with Gasteiger partial charge in [-0.25, -0.2) is 18.2 Å². The Morgan fingerprint density at radius 3 is 2.85 bits per heavy atom. The highest BCUT2D eigenvalue weighted by Gasteiger charge is 2.16. The van der Waals surface area contributed by atoms with Crippen molar-refractivity contribution in [1.82, 2.24) is 9.97 Å². The second-order valence-electron chi connectivity index (χ2n) is 3.57. The van der Waals surface area contributed by atoms with E-state index in [2.05, 4.69) is 14.7 Å². The Labute approximate surface area is 118 Å². The highest BCUT2D eigenvalue weighted by atomic mass is 32.2. The van der Waals surface area contributed by atoms with Crippen molar-refractivity contribution in [3.8, 4) is 0 Å². The van der Waals surface area contributed by atoms with E-state index < -0.39 is 16.0 Å². The molecule has 20 heavy (non-hydrogen) atoms. The summed E-state index contributed by atoms with van der Waals surface area (Å²) in [6.45, 7) is 0. The fourth-order valence-corrected chi connectivity index (χ4v) is 3.07. The van der Waals surface area contributed by atoms with Crippen LogP contribution in [0.3, 0.4) is 0 Å². The SMILES string of the molecule is O=C(O)C=Cc1cncc(S(=O)(=O)Nc2nccs2)c1.